The summed E-state index contributed by atoms with van der Waals surface area (Å²) >= 11 is 0. The van der Waals surface area contributed by atoms with Gasteiger partial charge in [0.2, 0.25) is 0 Å². The molecule has 13 heavy (non-hydrogen) atoms. The molecule has 0 rings (SSSR count). The highest BCUT2D eigenvalue weighted by atomic mass is 16.6. The lowest BCUT2D eigenvalue weighted by Gasteiger charge is -2.26. The summed E-state index contributed by atoms with van der Waals surface area (Å²) < 4.78 is 9.86. The Kier molecular flexibility index (Phi) is 6.32. The number of nitrogens with zero attached hydrogens (tertiary/aromatic N) is 1. The van der Waals surface area contributed by atoms with Crippen LogP contribution in [0.25, 0.3) is 0 Å². The lowest BCUT2D eigenvalue weighted by Crippen LogP contribution is -2.41. The maximum atomic E-state index is 11.3. The Bertz CT molecular complexity index is 150. The van der Waals surface area contributed by atoms with Gasteiger partial charge in [0, 0.05) is 13.7 Å². The summed E-state index contributed by atoms with van der Waals surface area (Å²) in [6.07, 6.45) is -0.269. The van der Waals surface area contributed by atoms with Crippen molar-refractivity contribution >= 4 is 6.09 Å². The monoisotopic (exact) mass is 189 g/mol. The Morgan fingerprint density at radius 1 is 1.46 bits per heavy atom. The molecule has 4 heteroatoms. The number of methoxy groups -OCH3 is 1. The molecule has 0 aliphatic heterocycles. The zero-order valence-corrected chi connectivity index (χ0v) is 8.87. The molecule has 78 valence electrons. The Balaban J connectivity index is 4.06. The summed E-state index contributed by atoms with van der Waals surface area (Å²) in [5.74, 6) is 0. The number of hydrogen-bond acceptors (Lipinski definition) is 3. The first kappa shape index (κ1) is 12.2. The van der Waals surface area contributed by atoms with Gasteiger partial charge in [-0.3, -0.25) is 0 Å². The first-order valence-corrected chi connectivity index (χ1v) is 4.59. The molecule has 0 saturated heterocycles. The van der Waals surface area contributed by atoms with Crippen molar-refractivity contribution in [1.29, 1.82) is 0 Å². The summed E-state index contributed by atoms with van der Waals surface area (Å²) in [5, 5.41) is 0. The number of amides is 1. The van der Waals surface area contributed by atoms with E-state index in [1.54, 1.807) is 18.9 Å². The molecule has 0 spiro atoms. The van der Waals surface area contributed by atoms with Crippen molar-refractivity contribution in [2.24, 2.45) is 0 Å². The number of ether oxygens (including phenoxy) is 2. The highest BCUT2D eigenvalue weighted by Crippen LogP contribution is 2.02. The van der Waals surface area contributed by atoms with Gasteiger partial charge in [-0.1, -0.05) is 0 Å². The van der Waals surface area contributed by atoms with Gasteiger partial charge in [-0.25, -0.2) is 4.79 Å². The van der Waals surface area contributed by atoms with Crippen LogP contribution in [0, 0.1) is 0 Å². The van der Waals surface area contributed by atoms with E-state index in [2.05, 4.69) is 0 Å². The van der Waals surface area contributed by atoms with E-state index in [-0.39, 0.29) is 12.1 Å². The van der Waals surface area contributed by atoms with Crippen LogP contribution in [-0.4, -0.2) is 43.9 Å². The fourth-order valence-electron chi connectivity index (χ4n) is 1.16. The van der Waals surface area contributed by atoms with Gasteiger partial charge in [-0.2, -0.15) is 0 Å². The van der Waals surface area contributed by atoms with Crippen molar-refractivity contribution < 1.29 is 14.3 Å². The van der Waals surface area contributed by atoms with Crippen molar-refractivity contribution in [2.45, 2.75) is 26.8 Å². The molecule has 0 saturated carbocycles. The summed E-state index contributed by atoms with van der Waals surface area (Å²) in [6, 6.07) is 0.0639. The second kappa shape index (κ2) is 6.71. The van der Waals surface area contributed by atoms with Crippen LogP contribution in [-0.2, 0) is 9.47 Å². The Hall–Kier alpha value is -0.770. The third kappa shape index (κ3) is 4.12. The van der Waals surface area contributed by atoms with Gasteiger partial charge >= 0.3 is 6.09 Å². The summed E-state index contributed by atoms with van der Waals surface area (Å²) in [5.41, 5.74) is 0. The highest BCUT2D eigenvalue weighted by molar-refractivity contribution is 5.67. The normalized spacial score (nSPS) is 12.3. The zero-order valence-electron chi connectivity index (χ0n) is 8.87. The predicted octanol–water partition coefficient (Wildman–Crippen LogP) is 1.50. The number of carbonyl (C=O) groups excluding carboxylic acids is 1. The van der Waals surface area contributed by atoms with E-state index in [9.17, 15) is 4.79 Å². The molecule has 0 aliphatic carbocycles. The summed E-state index contributed by atoms with van der Waals surface area (Å²) in [7, 11) is 1.62. The van der Waals surface area contributed by atoms with E-state index >= 15 is 0 Å². The van der Waals surface area contributed by atoms with Crippen LogP contribution in [0.15, 0.2) is 0 Å². The molecule has 0 N–H and O–H groups in total. The van der Waals surface area contributed by atoms with Gasteiger partial charge in [0.05, 0.1) is 19.3 Å². The number of rotatable bonds is 5. The van der Waals surface area contributed by atoms with E-state index in [0.29, 0.717) is 19.8 Å². The largest absolute Gasteiger partial charge is 0.450 e. The molecule has 0 radical (unpaired) electrons. The maximum Gasteiger partial charge on any atom is 0.410 e. The van der Waals surface area contributed by atoms with Crippen molar-refractivity contribution in [3.05, 3.63) is 0 Å². The summed E-state index contributed by atoms with van der Waals surface area (Å²) in [4.78, 5) is 13.0. The third-order valence-electron chi connectivity index (χ3n) is 1.78. The lowest BCUT2D eigenvalue weighted by molar-refractivity contribution is 0.0684. The van der Waals surface area contributed by atoms with Crippen LogP contribution >= 0.6 is 0 Å². The molecule has 1 unspecified atom stereocenters. The molecule has 0 aromatic rings. The third-order valence-corrected chi connectivity index (χ3v) is 1.78. The smallest absolute Gasteiger partial charge is 0.410 e. The van der Waals surface area contributed by atoms with Crippen molar-refractivity contribution in [3.8, 4) is 0 Å². The SMILES string of the molecule is CCOC(=O)N(CC)C(C)COC. The number of likely N-dealkylation sites (N-methyl/N-ethyl adjacent to an activating group) is 1. The average molecular weight is 189 g/mol. The van der Waals surface area contributed by atoms with E-state index in [1.807, 2.05) is 13.8 Å². The van der Waals surface area contributed by atoms with Gasteiger partial charge < -0.3 is 14.4 Å². The van der Waals surface area contributed by atoms with Gasteiger partial charge in [0.15, 0.2) is 0 Å². The highest BCUT2D eigenvalue weighted by Gasteiger charge is 2.18. The molecular weight excluding hydrogens is 170 g/mol. The molecule has 0 fully saturated rings. The van der Waals surface area contributed by atoms with Crippen molar-refractivity contribution in [3.63, 3.8) is 0 Å². The standard InChI is InChI=1S/C9H19NO3/c1-5-10(8(3)7-12-4)9(11)13-6-2/h8H,5-7H2,1-4H3. The molecule has 1 atom stereocenters. The van der Waals surface area contributed by atoms with Crippen LogP contribution in [0.5, 0.6) is 0 Å². The number of carbonyl (C=O) groups is 1. The molecule has 0 bridgehead atoms. The van der Waals surface area contributed by atoms with Crippen LogP contribution in [0.2, 0.25) is 0 Å². The van der Waals surface area contributed by atoms with Crippen LogP contribution in [0.4, 0.5) is 4.79 Å². The topological polar surface area (TPSA) is 38.8 Å². The molecule has 4 nitrogen and oxygen atoms in total. The Morgan fingerprint density at radius 3 is 2.46 bits per heavy atom. The van der Waals surface area contributed by atoms with Gasteiger partial charge in [0.25, 0.3) is 0 Å². The Labute approximate surface area is 79.8 Å². The molecule has 0 aromatic heterocycles. The van der Waals surface area contributed by atoms with E-state index in [1.165, 1.54) is 0 Å². The molecule has 0 heterocycles. The first-order chi connectivity index (χ1) is 6.17. The quantitative estimate of drug-likeness (QED) is 0.658. The van der Waals surface area contributed by atoms with Crippen molar-refractivity contribution in [2.75, 3.05) is 26.9 Å². The minimum absolute atomic E-state index is 0.0639. The fourth-order valence-corrected chi connectivity index (χ4v) is 1.16. The molecular formula is C9H19NO3. The van der Waals surface area contributed by atoms with Crippen LogP contribution in [0.3, 0.4) is 0 Å². The van der Waals surface area contributed by atoms with E-state index in [0.717, 1.165) is 0 Å². The first-order valence-electron chi connectivity index (χ1n) is 4.59. The minimum atomic E-state index is -0.269. The second-order valence-corrected chi connectivity index (χ2v) is 2.79. The van der Waals surface area contributed by atoms with Crippen molar-refractivity contribution in [1.82, 2.24) is 4.90 Å². The van der Waals surface area contributed by atoms with E-state index < -0.39 is 0 Å². The molecule has 0 aromatic carbocycles. The molecule has 0 aliphatic rings. The van der Waals surface area contributed by atoms with Gasteiger partial charge in [-0.15, -0.1) is 0 Å². The molecule has 1 amide bonds. The predicted molar refractivity (Wildman–Crippen MR) is 50.7 cm³/mol. The van der Waals surface area contributed by atoms with Crippen LogP contribution < -0.4 is 0 Å². The number of hydrogen-bond donors (Lipinski definition) is 0. The van der Waals surface area contributed by atoms with Crippen LogP contribution in [0.1, 0.15) is 20.8 Å². The lowest BCUT2D eigenvalue weighted by atomic mass is 10.3. The van der Waals surface area contributed by atoms with Gasteiger partial charge in [0.1, 0.15) is 0 Å². The average Bonchev–Trinajstić information content (AvgIpc) is 2.06. The maximum absolute atomic E-state index is 11.3. The fraction of sp³-hybridized carbons (Fsp3) is 0.889. The summed E-state index contributed by atoms with van der Waals surface area (Å²) in [6.45, 7) is 7.24. The zero-order chi connectivity index (χ0) is 10.3. The second-order valence-electron chi connectivity index (χ2n) is 2.79. The minimum Gasteiger partial charge on any atom is -0.450 e. The van der Waals surface area contributed by atoms with E-state index in [4.69, 9.17) is 9.47 Å². The Morgan fingerprint density at radius 2 is 2.08 bits per heavy atom. The van der Waals surface area contributed by atoms with Gasteiger partial charge in [-0.05, 0) is 20.8 Å².